The number of aromatic nitrogens is 2. The summed E-state index contributed by atoms with van der Waals surface area (Å²) in [4.78, 5) is 19.1. The molecule has 4 rings (SSSR count). The minimum atomic E-state index is -0.672. The van der Waals surface area contributed by atoms with Gasteiger partial charge in [-0.2, -0.15) is 0 Å². The lowest BCUT2D eigenvalue weighted by molar-refractivity contribution is 0.0954. The molecule has 2 aromatic heterocycles. The Morgan fingerprint density at radius 1 is 1.21 bits per heavy atom. The Kier molecular flexibility index (Phi) is 5.53. The summed E-state index contributed by atoms with van der Waals surface area (Å²) < 4.78 is 2.55. The van der Waals surface area contributed by atoms with Crippen LogP contribution in [0.5, 0.6) is 0 Å². The van der Waals surface area contributed by atoms with Crippen LogP contribution in [0.3, 0.4) is 0 Å². The maximum absolute atomic E-state index is 12.2. The van der Waals surface area contributed by atoms with Crippen molar-refractivity contribution < 1.29 is 9.90 Å². The number of anilines is 1. The number of hydrogen-bond acceptors (Lipinski definition) is 5. The molecular weight excluding hydrogens is 408 g/mol. The molecule has 0 bridgehead atoms. The highest BCUT2D eigenvalue weighted by Crippen LogP contribution is 2.23. The molecule has 1 aliphatic rings. The molecule has 1 amide bonds. The van der Waals surface area contributed by atoms with Crippen LogP contribution in [0.2, 0.25) is 4.34 Å². The molecule has 0 fully saturated rings. The second kappa shape index (κ2) is 8.24. The Labute approximate surface area is 177 Å². The molecule has 1 unspecified atom stereocenters. The maximum atomic E-state index is 12.2. The molecule has 3 heterocycles. The van der Waals surface area contributed by atoms with Crippen molar-refractivity contribution in [3.8, 4) is 5.69 Å². The van der Waals surface area contributed by atoms with Crippen molar-refractivity contribution in [3.63, 3.8) is 0 Å². The Morgan fingerprint density at radius 3 is 2.66 bits per heavy atom. The molecule has 0 radical (unpaired) electrons. The predicted octanol–water partition coefficient (Wildman–Crippen LogP) is 4.03. The van der Waals surface area contributed by atoms with Gasteiger partial charge in [0.1, 0.15) is 12.1 Å². The second-order valence-corrected chi connectivity index (χ2v) is 8.21. The molecule has 6 nitrogen and oxygen atoms in total. The highest BCUT2D eigenvalue weighted by atomic mass is 35.5. The number of imidazole rings is 1. The predicted molar refractivity (Wildman–Crippen MR) is 116 cm³/mol. The van der Waals surface area contributed by atoms with Crippen molar-refractivity contribution in [1.29, 1.82) is 0 Å². The van der Waals surface area contributed by atoms with E-state index in [-0.39, 0.29) is 5.91 Å². The molecule has 1 aromatic carbocycles. The van der Waals surface area contributed by atoms with E-state index in [0.29, 0.717) is 15.8 Å². The van der Waals surface area contributed by atoms with Gasteiger partial charge in [0.05, 0.1) is 21.5 Å². The van der Waals surface area contributed by atoms with Gasteiger partial charge in [0.2, 0.25) is 0 Å². The van der Waals surface area contributed by atoms with Crippen LogP contribution >= 0.6 is 22.9 Å². The van der Waals surface area contributed by atoms with E-state index in [2.05, 4.69) is 10.3 Å². The van der Waals surface area contributed by atoms with E-state index in [1.165, 1.54) is 11.3 Å². The summed E-state index contributed by atoms with van der Waals surface area (Å²) in [6.07, 6.45) is 8.49. The number of rotatable bonds is 5. The molecule has 0 aliphatic carbocycles. The zero-order valence-corrected chi connectivity index (χ0v) is 17.2. The number of nitrogens with zero attached hydrogens (tertiary/aromatic N) is 3. The van der Waals surface area contributed by atoms with Crippen LogP contribution in [0.15, 0.2) is 67.0 Å². The number of halogens is 1. The van der Waals surface area contributed by atoms with Crippen molar-refractivity contribution in [3.05, 3.63) is 87.8 Å². The summed E-state index contributed by atoms with van der Waals surface area (Å²) in [6.45, 7) is 2.25. The van der Waals surface area contributed by atoms with E-state index in [4.69, 9.17) is 11.6 Å². The van der Waals surface area contributed by atoms with Gasteiger partial charge in [-0.1, -0.05) is 17.7 Å². The summed E-state index contributed by atoms with van der Waals surface area (Å²) in [5, 5.41) is 12.9. The van der Waals surface area contributed by atoms with Crippen molar-refractivity contribution in [2.24, 2.45) is 0 Å². The van der Waals surface area contributed by atoms with E-state index in [1.54, 1.807) is 23.1 Å². The van der Waals surface area contributed by atoms with Gasteiger partial charge >= 0.3 is 0 Å². The molecule has 0 spiro atoms. The zero-order chi connectivity index (χ0) is 20.4. The highest BCUT2D eigenvalue weighted by molar-refractivity contribution is 7.17. The van der Waals surface area contributed by atoms with E-state index in [9.17, 15) is 9.90 Å². The third-order valence-corrected chi connectivity index (χ3v) is 5.74. The lowest BCUT2D eigenvalue weighted by atomic mass is 10.2. The number of aliphatic hydroxyl groups excluding tert-OH is 1. The average molecular weight is 427 g/mol. The molecule has 2 N–H and O–H groups in total. The van der Waals surface area contributed by atoms with E-state index >= 15 is 0 Å². The van der Waals surface area contributed by atoms with Crippen LogP contribution in [-0.2, 0) is 6.54 Å². The Balaban J connectivity index is 1.45. The molecule has 3 aromatic rings. The number of aryl methyl sites for hydroxylation is 1. The fourth-order valence-electron chi connectivity index (χ4n) is 3.08. The monoisotopic (exact) mass is 426 g/mol. The molecule has 1 aliphatic heterocycles. The number of hydrogen-bond donors (Lipinski definition) is 2. The van der Waals surface area contributed by atoms with Crippen LogP contribution in [0.4, 0.5) is 5.69 Å². The average Bonchev–Trinajstić information content (AvgIpc) is 3.32. The van der Waals surface area contributed by atoms with Gasteiger partial charge in [-0.3, -0.25) is 4.79 Å². The van der Waals surface area contributed by atoms with Crippen molar-refractivity contribution in [1.82, 2.24) is 14.9 Å². The summed E-state index contributed by atoms with van der Waals surface area (Å²) in [7, 11) is 0. The van der Waals surface area contributed by atoms with Gasteiger partial charge in [0, 0.05) is 23.8 Å². The summed E-state index contributed by atoms with van der Waals surface area (Å²) >= 11 is 7.13. The first-order valence-corrected chi connectivity index (χ1v) is 10.2. The molecular formula is C21H19ClN4O2S. The molecule has 0 saturated carbocycles. The Bertz CT molecular complexity index is 1080. The first kappa shape index (κ1) is 19.4. The fourth-order valence-corrected chi connectivity index (χ4v) is 4.04. The van der Waals surface area contributed by atoms with Crippen molar-refractivity contribution >= 4 is 34.5 Å². The Hall–Kier alpha value is -2.87. The lowest BCUT2D eigenvalue weighted by Crippen LogP contribution is -2.29. The minimum Gasteiger partial charge on any atom is -0.370 e. The van der Waals surface area contributed by atoms with Crippen molar-refractivity contribution in [2.75, 3.05) is 4.90 Å². The van der Waals surface area contributed by atoms with Gasteiger partial charge in [-0.25, -0.2) is 4.98 Å². The van der Waals surface area contributed by atoms with Crippen LogP contribution < -0.4 is 10.2 Å². The fraction of sp³-hybridized carbons (Fsp3) is 0.143. The first-order chi connectivity index (χ1) is 14.0. The number of carbonyl (C=O) groups excluding carboxylic acids is 1. The molecule has 0 saturated heterocycles. The van der Waals surface area contributed by atoms with Crippen LogP contribution in [0, 0.1) is 6.92 Å². The highest BCUT2D eigenvalue weighted by Gasteiger charge is 2.14. The third-order valence-electron chi connectivity index (χ3n) is 4.51. The van der Waals surface area contributed by atoms with Gasteiger partial charge in [-0.05, 0) is 55.5 Å². The quantitative estimate of drug-likeness (QED) is 0.646. The second-order valence-electron chi connectivity index (χ2n) is 6.50. The van der Waals surface area contributed by atoms with E-state index in [1.807, 2.05) is 60.3 Å². The van der Waals surface area contributed by atoms with Gasteiger partial charge < -0.3 is 19.9 Å². The van der Waals surface area contributed by atoms with Crippen LogP contribution in [0.25, 0.3) is 5.69 Å². The van der Waals surface area contributed by atoms with Gasteiger partial charge in [0.15, 0.2) is 0 Å². The van der Waals surface area contributed by atoms with E-state index in [0.717, 1.165) is 22.9 Å². The largest absolute Gasteiger partial charge is 0.370 e. The third kappa shape index (κ3) is 4.27. The summed E-state index contributed by atoms with van der Waals surface area (Å²) in [5.41, 5.74) is 2.61. The maximum Gasteiger partial charge on any atom is 0.261 e. The number of aliphatic hydroxyl groups is 1. The summed E-state index contributed by atoms with van der Waals surface area (Å²) in [5.74, 6) is 0.655. The molecule has 29 heavy (non-hydrogen) atoms. The molecule has 1 atom stereocenters. The van der Waals surface area contributed by atoms with Gasteiger partial charge in [-0.15, -0.1) is 11.3 Å². The number of nitrogens with one attached hydrogen (secondary N) is 1. The molecule has 8 heteroatoms. The number of benzene rings is 1. The number of carbonyl (C=O) groups is 1. The number of amides is 1. The standard InChI is InChI=1S/C21H19ClN4O2S/c1-14-24-15(12-23-21(28)18-9-10-19(22)29-18)13-26(14)17-7-5-16(6-8-17)25-11-3-2-4-20(25)27/h2-11,13,20,27H,12H2,1H3,(H,23,28). The minimum absolute atomic E-state index is 0.166. The van der Waals surface area contributed by atoms with E-state index < -0.39 is 6.23 Å². The van der Waals surface area contributed by atoms with Crippen LogP contribution in [-0.4, -0.2) is 26.8 Å². The number of thiophene rings is 1. The topological polar surface area (TPSA) is 70.4 Å². The van der Waals surface area contributed by atoms with Crippen molar-refractivity contribution in [2.45, 2.75) is 19.7 Å². The van der Waals surface area contributed by atoms with Gasteiger partial charge in [0.25, 0.3) is 5.91 Å². The number of allylic oxidation sites excluding steroid dienone is 2. The molecule has 148 valence electrons. The normalized spacial score (nSPS) is 15.7. The lowest BCUT2D eigenvalue weighted by Gasteiger charge is -2.26. The summed E-state index contributed by atoms with van der Waals surface area (Å²) in [6, 6.07) is 11.3. The Morgan fingerprint density at radius 2 is 1.97 bits per heavy atom. The smallest absolute Gasteiger partial charge is 0.261 e. The SMILES string of the molecule is Cc1nc(CNC(=O)c2ccc(Cl)s2)cn1-c1ccc(N2C=CC=CC2O)cc1. The zero-order valence-electron chi connectivity index (χ0n) is 15.6. The van der Waals surface area contributed by atoms with Crippen LogP contribution in [0.1, 0.15) is 21.2 Å². The first-order valence-electron chi connectivity index (χ1n) is 9.01.